The molecule has 118 valence electrons. The second-order valence-electron chi connectivity index (χ2n) is 5.83. The van der Waals surface area contributed by atoms with Crippen molar-refractivity contribution < 1.29 is 4.79 Å². The highest BCUT2D eigenvalue weighted by molar-refractivity contribution is 9.10. The maximum atomic E-state index is 12.9. The predicted octanol–water partition coefficient (Wildman–Crippen LogP) is 2.82. The van der Waals surface area contributed by atoms with Crippen LogP contribution in [0.4, 0.5) is 0 Å². The molecule has 0 aliphatic carbocycles. The van der Waals surface area contributed by atoms with Crippen LogP contribution in [0.2, 0.25) is 0 Å². The molecule has 0 fully saturated rings. The minimum absolute atomic E-state index is 0.0365. The Morgan fingerprint density at radius 1 is 1.35 bits per heavy atom. The second-order valence-corrected chi connectivity index (χ2v) is 6.75. The van der Waals surface area contributed by atoms with Crippen LogP contribution in [0.15, 0.2) is 35.1 Å². The molecule has 23 heavy (non-hydrogen) atoms. The Hall–Kier alpha value is -2.15. The average molecular weight is 374 g/mol. The number of carbonyl (C=O) groups excluding carboxylic acids is 1. The number of hydrogen-bond donors (Lipinski definition) is 0. The van der Waals surface area contributed by atoms with Gasteiger partial charge in [-0.15, -0.1) is 0 Å². The molecule has 1 aliphatic heterocycles. The molecule has 0 radical (unpaired) electrons. The zero-order valence-corrected chi connectivity index (χ0v) is 14.5. The fraction of sp³-hybridized carbons (Fsp3) is 0.312. The largest absolute Gasteiger partial charge is 0.345 e. The summed E-state index contributed by atoms with van der Waals surface area (Å²) >= 11 is 3.36. The van der Waals surface area contributed by atoms with Crippen LogP contribution >= 0.6 is 15.9 Å². The first kappa shape index (κ1) is 14.4. The highest BCUT2D eigenvalue weighted by Crippen LogP contribution is 2.28. The van der Waals surface area contributed by atoms with E-state index in [-0.39, 0.29) is 11.9 Å². The summed E-state index contributed by atoms with van der Waals surface area (Å²) in [6.45, 7) is 5.67. The van der Waals surface area contributed by atoms with Gasteiger partial charge in [0.15, 0.2) is 11.3 Å². The van der Waals surface area contributed by atoms with Crippen LogP contribution in [0.1, 0.15) is 34.8 Å². The van der Waals surface area contributed by atoms with Gasteiger partial charge in [-0.25, -0.2) is 9.50 Å². The van der Waals surface area contributed by atoms with E-state index in [9.17, 15) is 4.79 Å². The highest BCUT2D eigenvalue weighted by atomic mass is 79.9. The third-order valence-corrected chi connectivity index (χ3v) is 4.86. The summed E-state index contributed by atoms with van der Waals surface area (Å²) in [5.41, 5.74) is 3.51. The second kappa shape index (κ2) is 5.19. The summed E-state index contributed by atoms with van der Waals surface area (Å²) in [6.07, 6.45) is 3.50. The van der Waals surface area contributed by atoms with Crippen molar-refractivity contribution in [3.63, 3.8) is 0 Å². The van der Waals surface area contributed by atoms with Gasteiger partial charge < -0.3 is 9.47 Å². The molecule has 0 saturated carbocycles. The number of aryl methyl sites for hydroxylation is 1. The van der Waals surface area contributed by atoms with Crippen molar-refractivity contribution in [3.8, 4) is 0 Å². The molecule has 3 aromatic rings. The Morgan fingerprint density at radius 3 is 3.00 bits per heavy atom. The fourth-order valence-corrected chi connectivity index (χ4v) is 3.50. The molecule has 0 aromatic carbocycles. The highest BCUT2D eigenvalue weighted by Gasteiger charge is 2.30. The molecular formula is C16H16BrN5O. The van der Waals surface area contributed by atoms with Gasteiger partial charge in [-0.2, -0.15) is 5.10 Å². The van der Waals surface area contributed by atoms with E-state index in [0.29, 0.717) is 17.9 Å². The van der Waals surface area contributed by atoms with E-state index < -0.39 is 0 Å². The van der Waals surface area contributed by atoms with Crippen LogP contribution in [0.5, 0.6) is 0 Å². The van der Waals surface area contributed by atoms with Gasteiger partial charge in [-0.05, 0) is 41.9 Å². The lowest BCUT2D eigenvalue weighted by Gasteiger charge is -2.35. The van der Waals surface area contributed by atoms with Crippen LogP contribution in [-0.4, -0.2) is 36.5 Å². The fourth-order valence-electron chi connectivity index (χ4n) is 3.20. The van der Waals surface area contributed by atoms with Crippen LogP contribution < -0.4 is 0 Å². The standard InChI is InChI=1S/C16H16BrN5O/c1-10-3-4-14-11(2)21(6-5-20(10)14)16(23)13-7-15-18-8-12(17)9-22(15)19-13/h3-4,7-9,11H,5-6H2,1-2H3/t11-/m1/s1. The molecule has 1 atom stereocenters. The molecule has 0 unspecified atom stereocenters. The molecule has 3 aromatic heterocycles. The summed E-state index contributed by atoms with van der Waals surface area (Å²) in [7, 11) is 0. The molecule has 1 aliphatic rings. The Balaban J connectivity index is 1.68. The van der Waals surface area contributed by atoms with Crippen molar-refractivity contribution in [2.75, 3.05) is 6.54 Å². The number of amides is 1. The van der Waals surface area contributed by atoms with Crippen molar-refractivity contribution in [1.82, 2.24) is 24.1 Å². The molecule has 0 saturated heterocycles. The lowest BCUT2D eigenvalue weighted by molar-refractivity contribution is 0.0636. The number of carbonyl (C=O) groups is 1. The van der Waals surface area contributed by atoms with Crippen LogP contribution in [0.3, 0.4) is 0 Å². The predicted molar refractivity (Wildman–Crippen MR) is 89.3 cm³/mol. The molecule has 0 spiro atoms. The van der Waals surface area contributed by atoms with Gasteiger partial charge in [0.25, 0.3) is 5.91 Å². The third kappa shape index (κ3) is 2.26. The Labute approximate surface area is 141 Å². The van der Waals surface area contributed by atoms with E-state index in [1.807, 2.05) is 4.90 Å². The van der Waals surface area contributed by atoms with Gasteiger partial charge in [-0.3, -0.25) is 4.79 Å². The molecular weight excluding hydrogens is 358 g/mol. The van der Waals surface area contributed by atoms with Crippen LogP contribution in [0.25, 0.3) is 5.65 Å². The van der Waals surface area contributed by atoms with E-state index in [1.54, 1.807) is 23.0 Å². The first-order chi connectivity index (χ1) is 11.0. The van der Waals surface area contributed by atoms with Gasteiger partial charge >= 0.3 is 0 Å². The molecule has 0 bridgehead atoms. The number of hydrogen-bond acceptors (Lipinski definition) is 3. The number of aromatic nitrogens is 4. The monoisotopic (exact) mass is 373 g/mol. The summed E-state index contributed by atoms with van der Waals surface area (Å²) in [6, 6.07) is 5.98. The number of nitrogens with zero attached hydrogens (tertiary/aromatic N) is 5. The van der Waals surface area contributed by atoms with Gasteiger partial charge in [0.2, 0.25) is 0 Å². The first-order valence-electron chi connectivity index (χ1n) is 7.52. The van der Waals surface area contributed by atoms with E-state index in [2.05, 4.69) is 56.6 Å². The van der Waals surface area contributed by atoms with Gasteiger partial charge in [0.05, 0.1) is 10.5 Å². The summed E-state index contributed by atoms with van der Waals surface area (Å²) in [4.78, 5) is 19.0. The third-order valence-electron chi connectivity index (χ3n) is 4.45. The van der Waals surface area contributed by atoms with Gasteiger partial charge in [0, 0.05) is 42.9 Å². The minimum Gasteiger partial charge on any atom is -0.345 e. The first-order valence-corrected chi connectivity index (χ1v) is 8.32. The van der Waals surface area contributed by atoms with E-state index in [1.165, 1.54) is 11.4 Å². The average Bonchev–Trinajstić information content (AvgIpc) is 3.11. The Morgan fingerprint density at radius 2 is 2.17 bits per heavy atom. The summed E-state index contributed by atoms with van der Waals surface area (Å²) in [5.74, 6) is -0.0516. The zero-order chi connectivity index (χ0) is 16.1. The smallest absolute Gasteiger partial charge is 0.275 e. The van der Waals surface area contributed by atoms with Crippen molar-refractivity contribution in [2.24, 2.45) is 0 Å². The Bertz CT molecular complexity index is 912. The quantitative estimate of drug-likeness (QED) is 0.658. The van der Waals surface area contributed by atoms with Crippen molar-refractivity contribution in [2.45, 2.75) is 26.4 Å². The maximum absolute atomic E-state index is 12.9. The van der Waals surface area contributed by atoms with E-state index in [0.717, 1.165) is 11.0 Å². The summed E-state index contributed by atoms with van der Waals surface area (Å²) in [5, 5.41) is 4.37. The minimum atomic E-state index is -0.0516. The molecule has 4 rings (SSSR count). The normalized spacial score (nSPS) is 17.5. The number of fused-ring (bicyclic) bond motifs is 2. The zero-order valence-electron chi connectivity index (χ0n) is 12.9. The molecule has 1 amide bonds. The molecule has 6 nitrogen and oxygen atoms in total. The van der Waals surface area contributed by atoms with Crippen LogP contribution in [-0.2, 0) is 6.54 Å². The molecule has 0 N–H and O–H groups in total. The maximum Gasteiger partial charge on any atom is 0.275 e. The van der Waals surface area contributed by atoms with Gasteiger partial charge in [0.1, 0.15) is 0 Å². The topological polar surface area (TPSA) is 55.4 Å². The lowest BCUT2D eigenvalue weighted by Crippen LogP contribution is -2.41. The molecule has 7 heteroatoms. The Kier molecular flexibility index (Phi) is 3.26. The van der Waals surface area contributed by atoms with Crippen molar-refractivity contribution >= 4 is 27.5 Å². The van der Waals surface area contributed by atoms with E-state index >= 15 is 0 Å². The van der Waals surface area contributed by atoms with Gasteiger partial charge in [-0.1, -0.05) is 0 Å². The molecule has 4 heterocycles. The lowest BCUT2D eigenvalue weighted by atomic mass is 10.1. The van der Waals surface area contributed by atoms with Crippen LogP contribution in [0, 0.1) is 6.92 Å². The number of rotatable bonds is 1. The SMILES string of the molecule is Cc1ccc2n1CCN(C(=O)c1cc3ncc(Br)cn3n1)[C@@H]2C. The number of halogens is 1. The summed E-state index contributed by atoms with van der Waals surface area (Å²) < 4.78 is 4.72. The van der Waals surface area contributed by atoms with Crippen molar-refractivity contribution in [3.05, 3.63) is 52.1 Å². The van der Waals surface area contributed by atoms with Crippen molar-refractivity contribution in [1.29, 1.82) is 0 Å². The van der Waals surface area contributed by atoms with E-state index in [4.69, 9.17) is 0 Å².